The van der Waals surface area contributed by atoms with E-state index < -0.39 is 0 Å². The van der Waals surface area contributed by atoms with Gasteiger partial charge in [-0.15, -0.1) is 0 Å². The molecular formula is C20H22N2. The van der Waals surface area contributed by atoms with Crippen molar-refractivity contribution in [2.75, 3.05) is 17.7 Å². The second kappa shape index (κ2) is 9.24. The maximum absolute atomic E-state index is 3.36. The Labute approximate surface area is 132 Å². The Balaban J connectivity index is 0.000000188. The zero-order chi connectivity index (χ0) is 15.5. The average Bonchev–Trinajstić information content (AvgIpc) is 2.63. The molecule has 0 saturated heterocycles. The molecule has 3 rings (SSSR count). The molecule has 0 fully saturated rings. The summed E-state index contributed by atoms with van der Waals surface area (Å²) in [6.07, 6.45) is 0. The van der Waals surface area contributed by atoms with Gasteiger partial charge in [-0.25, -0.2) is 0 Å². The van der Waals surface area contributed by atoms with Crippen LogP contribution in [0.15, 0.2) is 91.0 Å². The van der Waals surface area contributed by atoms with Crippen LogP contribution >= 0.6 is 0 Å². The van der Waals surface area contributed by atoms with Crippen LogP contribution < -0.4 is 10.6 Å². The van der Waals surface area contributed by atoms with Gasteiger partial charge in [0.25, 0.3) is 0 Å². The molecule has 22 heavy (non-hydrogen) atoms. The van der Waals surface area contributed by atoms with Crippen LogP contribution in [0, 0.1) is 0 Å². The summed E-state index contributed by atoms with van der Waals surface area (Å²) in [7, 11) is 1.91. The van der Waals surface area contributed by atoms with Crippen LogP contribution in [-0.4, -0.2) is 7.05 Å². The molecule has 3 aromatic carbocycles. The Morgan fingerprint density at radius 2 is 1.05 bits per heavy atom. The smallest absolute Gasteiger partial charge is 0.0400 e. The number of para-hydroxylation sites is 2. The summed E-state index contributed by atoms with van der Waals surface area (Å²) in [5, 5.41) is 6.39. The van der Waals surface area contributed by atoms with Gasteiger partial charge in [-0.2, -0.15) is 0 Å². The van der Waals surface area contributed by atoms with Crippen LogP contribution in [-0.2, 0) is 6.54 Å². The van der Waals surface area contributed by atoms with E-state index in [4.69, 9.17) is 0 Å². The molecule has 112 valence electrons. The Kier molecular flexibility index (Phi) is 6.57. The summed E-state index contributed by atoms with van der Waals surface area (Å²) < 4.78 is 0. The van der Waals surface area contributed by atoms with Crippen LogP contribution in [0.5, 0.6) is 0 Å². The molecule has 0 amide bonds. The second-order valence-corrected chi connectivity index (χ2v) is 4.82. The van der Waals surface area contributed by atoms with E-state index in [1.807, 2.05) is 61.6 Å². The van der Waals surface area contributed by atoms with Crippen molar-refractivity contribution in [2.45, 2.75) is 6.54 Å². The highest BCUT2D eigenvalue weighted by atomic mass is 14.9. The predicted octanol–water partition coefficient (Wildman–Crippen LogP) is 5.03. The lowest BCUT2D eigenvalue weighted by Gasteiger charge is -2.05. The molecule has 0 unspecified atom stereocenters. The third-order valence-electron chi connectivity index (χ3n) is 3.18. The van der Waals surface area contributed by atoms with Crippen LogP contribution in [0.25, 0.3) is 0 Å². The number of hydrogen-bond donors (Lipinski definition) is 2. The zero-order valence-electron chi connectivity index (χ0n) is 12.9. The van der Waals surface area contributed by atoms with Gasteiger partial charge in [-0.05, 0) is 29.8 Å². The number of benzene rings is 3. The highest BCUT2D eigenvalue weighted by molar-refractivity contribution is 5.43. The lowest BCUT2D eigenvalue weighted by molar-refractivity contribution is 1.15. The van der Waals surface area contributed by atoms with Crippen LogP contribution in [0.1, 0.15) is 5.56 Å². The molecule has 0 spiro atoms. The second-order valence-electron chi connectivity index (χ2n) is 4.82. The monoisotopic (exact) mass is 290 g/mol. The lowest BCUT2D eigenvalue weighted by Crippen LogP contribution is -1.98. The van der Waals surface area contributed by atoms with E-state index in [1.54, 1.807) is 0 Å². The standard InChI is InChI=1S/C13H13N.C7H9N/c1-3-7-12(8-4-1)11-14-13-9-5-2-6-10-13;1-8-7-5-3-2-4-6-7/h1-10,14H,11H2;2-6,8H,1H3. The van der Waals surface area contributed by atoms with Crippen LogP contribution in [0.3, 0.4) is 0 Å². The van der Waals surface area contributed by atoms with Gasteiger partial charge in [-0.3, -0.25) is 0 Å². The van der Waals surface area contributed by atoms with E-state index in [0.29, 0.717) is 0 Å². The van der Waals surface area contributed by atoms with Gasteiger partial charge < -0.3 is 10.6 Å². The van der Waals surface area contributed by atoms with Gasteiger partial charge in [0.1, 0.15) is 0 Å². The van der Waals surface area contributed by atoms with Crippen molar-refractivity contribution in [3.8, 4) is 0 Å². The number of anilines is 2. The summed E-state index contributed by atoms with van der Waals surface area (Å²) in [5.74, 6) is 0. The van der Waals surface area contributed by atoms with Gasteiger partial charge in [-0.1, -0.05) is 66.7 Å². The first-order valence-electron chi connectivity index (χ1n) is 7.44. The Morgan fingerprint density at radius 3 is 1.50 bits per heavy atom. The fourth-order valence-electron chi connectivity index (χ4n) is 1.96. The largest absolute Gasteiger partial charge is 0.388 e. The molecule has 2 heteroatoms. The molecule has 2 N–H and O–H groups in total. The SMILES string of the molecule is CNc1ccccc1.c1ccc(CNc2ccccc2)cc1. The average molecular weight is 290 g/mol. The third kappa shape index (κ3) is 5.71. The molecule has 0 aliphatic carbocycles. The van der Waals surface area contributed by atoms with Crippen molar-refractivity contribution in [2.24, 2.45) is 0 Å². The van der Waals surface area contributed by atoms with Crippen molar-refractivity contribution in [3.05, 3.63) is 96.6 Å². The minimum absolute atomic E-state index is 0.880. The number of hydrogen-bond acceptors (Lipinski definition) is 2. The molecule has 2 nitrogen and oxygen atoms in total. The van der Waals surface area contributed by atoms with Gasteiger partial charge in [0.2, 0.25) is 0 Å². The van der Waals surface area contributed by atoms with Crippen LogP contribution in [0.2, 0.25) is 0 Å². The first-order valence-corrected chi connectivity index (χ1v) is 7.44. The van der Waals surface area contributed by atoms with E-state index >= 15 is 0 Å². The van der Waals surface area contributed by atoms with Gasteiger partial charge in [0.05, 0.1) is 0 Å². The van der Waals surface area contributed by atoms with E-state index in [0.717, 1.165) is 17.9 Å². The normalized spacial score (nSPS) is 9.32. The zero-order valence-corrected chi connectivity index (χ0v) is 12.9. The molecule has 0 aliphatic heterocycles. The first kappa shape index (κ1) is 15.6. The molecule has 0 atom stereocenters. The molecule has 3 aromatic rings. The maximum Gasteiger partial charge on any atom is 0.0400 e. The highest BCUT2D eigenvalue weighted by Crippen LogP contribution is 2.07. The first-order chi connectivity index (χ1) is 10.9. The predicted molar refractivity (Wildman–Crippen MR) is 96.2 cm³/mol. The summed E-state index contributed by atoms with van der Waals surface area (Å²) in [5.41, 5.74) is 3.63. The molecular weight excluding hydrogens is 268 g/mol. The molecule has 0 saturated carbocycles. The highest BCUT2D eigenvalue weighted by Gasteiger charge is 1.90. The topological polar surface area (TPSA) is 24.1 Å². The van der Waals surface area contributed by atoms with E-state index in [2.05, 4.69) is 47.0 Å². The molecule has 0 aromatic heterocycles. The summed E-state index contributed by atoms with van der Waals surface area (Å²) in [6.45, 7) is 0.880. The van der Waals surface area contributed by atoms with Gasteiger partial charge >= 0.3 is 0 Å². The fraction of sp³-hybridized carbons (Fsp3) is 0.100. The third-order valence-corrected chi connectivity index (χ3v) is 3.18. The molecule has 0 radical (unpaired) electrons. The minimum Gasteiger partial charge on any atom is -0.388 e. The summed E-state index contributed by atoms with van der Waals surface area (Å²) >= 11 is 0. The molecule has 0 bridgehead atoms. The maximum atomic E-state index is 3.36. The Morgan fingerprint density at radius 1 is 0.591 bits per heavy atom. The molecule has 0 heterocycles. The Bertz CT molecular complexity index is 582. The number of rotatable bonds is 4. The van der Waals surface area contributed by atoms with Crippen LogP contribution in [0.4, 0.5) is 11.4 Å². The lowest BCUT2D eigenvalue weighted by atomic mass is 10.2. The van der Waals surface area contributed by atoms with Gasteiger partial charge in [0.15, 0.2) is 0 Å². The van der Waals surface area contributed by atoms with E-state index in [-0.39, 0.29) is 0 Å². The number of nitrogens with one attached hydrogen (secondary N) is 2. The van der Waals surface area contributed by atoms with E-state index in [9.17, 15) is 0 Å². The summed E-state index contributed by atoms with van der Waals surface area (Å²) in [6, 6.07) is 30.7. The fourth-order valence-corrected chi connectivity index (χ4v) is 1.96. The van der Waals surface area contributed by atoms with Crippen molar-refractivity contribution in [1.82, 2.24) is 0 Å². The van der Waals surface area contributed by atoms with Crippen molar-refractivity contribution >= 4 is 11.4 Å². The van der Waals surface area contributed by atoms with Crippen molar-refractivity contribution in [1.29, 1.82) is 0 Å². The quantitative estimate of drug-likeness (QED) is 0.704. The Hall–Kier alpha value is -2.74. The minimum atomic E-state index is 0.880. The summed E-state index contributed by atoms with van der Waals surface area (Å²) in [4.78, 5) is 0. The van der Waals surface area contributed by atoms with Gasteiger partial charge in [0, 0.05) is 25.0 Å². The van der Waals surface area contributed by atoms with Crippen molar-refractivity contribution in [3.63, 3.8) is 0 Å². The molecule has 0 aliphatic rings. The van der Waals surface area contributed by atoms with Crippen molar-refractivity contribution < 1.29 is 0 Å². The van der Waals surface area contributed by atoms with E-state index in [1.165, 1.54) is 5.56 Å².